The maximum atomic E-state index is 12.1. The molecule has 2 aromatic rings. The van der Waals surface area contributed by atoms with Gasteiger partial charge in [0.25, 0.3) is 5.91 Å². The van der Waals surface area contributed by atoms with Gasteiger partial charge >= 0.3 is 5.97 Å². The summed E-state index contributed by atoms with van der Waals surface area (Å²) in [7, 11) is 0. The molecule has 1 heterocycles. The first-order valence-electron chi connectivity index (χ1n) is 7.74. The molecule has 3 rings (SSSR count). The molecule has 2 aromatic carbocycles. The van der Waals surface area contributed by atoms with Crippen LogP contribution < -0.4 is 14.8 Å². The SMILES string of the molecule is O=C(COC(=O)c1ccc2c(c1)OCCCO2)Nc1ccc(Cl)cc1. The average Bonchev–Trinajstić information content (AvgIpc) is 2.86. The van der Waals surface area contributed by atoms with E-state index < -0.39 is 18.5 Å². The van der Waals surface area contributed by atoms with Gasteiger partial charge in [0.1, 0.15) is 0 Å². The van der Waals surface area contributed by atoms with Gasteiger partial charge in [0.05, 0.1) is 18.8 Å². The van der Waals surface area contributed by atoms with Crippen molar-refractivity contribution >= 4 is 29.2 Å². The molecule has 7 heteroatoms. The zero-order valence-electron chi connectivity index (χ0n) is 13.3. The summed E-state index contributed by atoms with van der Waals surface area (Å²) in [4.78, 5) is 23.9. The summed E-state index contributed by atoms with van der Waals surface area (Å²) in [6.07, 6.45) is 0.777. The molecule has 130 valence electrons. The van der Waals surface area contributed by atoms with E-state index in [-0.39, 0.29) is 0 Å². The molecule has 1 aliphatic rings. The van der Waals surface area contributed by atoms with Gasteiger partial charge in [-0.1, -0.05) is 11.6 Å². The maximum absolute atomic E-state index is 12.1. The van der Waals surface area contributed by atoms with Crippen molar-refractivity contribution in [1.29, 1.82) is 0 Å². The summed E-state index contributed by atoms with van der Waals surface area (Å²) >= 11 is 5.78. The van der Waals surface area contributed by atoms with Gasteiger partial charge in [-0.15, -0.1) is 0 Å². The molecule has 0 fully saturated rings. The van der Waals surface area contributed by atoms with Crippen LogP contribution in [0.3, 0.4) is 0 Å². The van der Waals surface area contributed by atoms with Crippen LogP contribution in [0.15, 0.2) is 42.5 Å². The van der Waals surface area contributed by atoms with Gasteiger partial charge in [-0.05, 0) is 42.5 Å². The molecule has 0 radical (unpaired) electrons. The van der Waals surface area contributed by atoms with Gasteiger partial charge < -0.3 is 19.5 Å². The van der Waals surface area contributed by atoms with E-state index in [0.717, 1.165) is 6.42 Å². The largest absolute Gasteiger partial charge is 0.490 e. The molecule has 0 saturated carbocycles. The molecular weight excluding hydrogens is 346 g/mol. The van der Waals surface area contributed by atoms with Gasteiger partial charge in [0.15, 0.2) is 18.1 Å². The van der Waals surface area contributed by atoms with E-state index in [2.05, 4.69) is 5.32 Å². The molecule has 0 spiro atoms. The zero-order chi connectivity index (χ0) is 17.6. The zero-order valence-corrected chi connectivity index (χ0v) is 14.0. The normalized spacial score (nSPS) is 12.8. The Hall–Kier alpha value is -2.73. The number of rotatable bonds is 4. The molecule has 1 amide bonds. The summed E-state index contributed by atoms with van der Waals surface area (Å²) in [6.45, 7) is 0.701. The summed E-state index contributed by atoms with van der Waals surface area (Å²) < 4.78 is 16.1. The molecule has 0 bridgehead atoms. The van der Waals surface area contributed by atoms with Crippen molar-refractivity contribution in [3.05, 3.63) is 53.1 Å². The first-order chi connectivity index (χ1) is 12.1. The highest BCUT2D eigenvalue weighted by atomic mass is 35.5. The van der Waals surface area contributed by atoms with Gasteiger partial charge in [0.2, 0.25) is 0 Å². The van der Waals surface area contributed by atoms with E-state index in [1.807, 2.05) is 0 Å². The number of halogens is 1. The molecule has 0 unspecified atom stereocenters. The Bertz CT molecular complexity index is 776. The minimum absolute atomic E-state index is 0.295. The van der Waals surface area contributed by atoms with Crippen LogP contribution >= 0.6 is 11.6 Å². The van der Waals surface area contributed by atoms with Crippen molar-refractivity contribution in [2.75, 3.05) is 25.1 Å². The average molecular weight is 362 g/mol. The fraction of sp³-hybridized carbons (Fsp3) is 0.222. The highest BCUT2D eigenvalue weighted by Crippen LogP contribution is 2.30. The summed E-state index contributed by atoms with van der Waals surface area (Å²) in [5, 5.41) is 3.18. The fourth-order valence-corrected chi connectivity index (χ4v) is 2.36. The van der Waals surface area contributed by atoms with Crippen molar-refractivity contribution in [2.24, 2.45) is 0 Å². The van der Waals surface area contributed by atoms with Crippen LogP contribution in [0, 0.1) is 0 Å². The van der Waals surface area contributed by atoms with E-state index in [1.165, 1.54) is 0 Å². The number of hydrogen-bond donors (Lipinski definition) is 1. The van der Waals surface area contributed by atoms with E-state index in [0.29, 0.717) is 41.0 Å². The van der Waals surface area contributed by atoms with Crippen LogP contribution in [0.1, 0.15) is 16.8 Å². The smallest absolute Gasteiger partial charge is 0.338 e. The van der Waals surface area contributed by atoms with Crippen LogP contribution in [0.4, 0.5) is 5.69 Å². The Morgan fingerprint density at radius 2 is 1.76 bits per heavy atom. The molecule has 0 aliphatic carbocycles. The number of hydrogen-bond acceptors (Lipinski definition) is 5. The third-order valence-electron chi connectivity index (χ3n) is 3.45. The minimum Gasteiger partial charge on any atom is -0.490 e. The number of amides is 1. The molecule has 1 aliphatic heterocycles. The Kier molecular flexibility index (Phi) is 5.40. The van der Waals surface area contributed by atoms with Crippen molar-refractivity contribution in [3.8, 4) is 11.5 Å². The second-order valence-electron chi connectivity index (χ2n) is 5.34. The van der Waals surface area contributed by atoms with Crippen LogP contribution in [-0.4, -0.2) is 31.7 Å². The second kappa shape index (κ2) is 7.90. The topological polar surface area (TPSA) is 73.9 Å². The van der Waals surface area contributed by atoms with Crippen LogP contribution in [0.25, 0.3) is 0 Å². The lowest BCUT2D eigenvalue weighted by Crippen LogP contribution is -2.20. The van der Waals surface area contributed by atoms with Crippen molar-refractivity contribution in [2.45, 2.75) is 6.42 Å². The van der Waals surface area contributed by atoms with Crippen LogP contribution in [0.5, 0.6) is 11.5 Å². The van der Waals surface area contributed by atoms with Crippen LogP contribution in [0.2, 0.25) is 5.02 Å². The van der Waals surface area contributed by atoms with Crippen molar-refractivity contribution < 1.29 is 23.8 Å². The second-order valence-corrected chi connectivity index (χ2v) is 5.78. The van der Waals surface area contributed by atoms with E-state index in [9.17, 15) is 9.59 Å². The number of carbonyl (C=O) groups excluding carboxylic acids is 2. The molecular formula is C18H16ClNO5. The Morgan fingerprint density at radius 1 is 1.04 bits per heavy atom. The highest BCUT2D eigenvalue weighted by molar-refractivity contribution is 6.30. The third kappa shape index (κ3) is 4.64. The predicted octanol–water partition coefficient (Wildman–Crippen LogP) is 3.30. The summed E-state index contributed by atoms with van der Waals surface area (Å²) in [5.74, 6) is 0.0408. The molecule has 0 aromatic heterocycles. The lowest BCUT2D eigenvalue weighted by atomic mass is 10.2. The number of ether oxygens (including phenoxy) is 3. The quantitative estimate of drug-likeness (QED) is 0.846. The van der Waals surface area contributed by atoms with Crippen LogP contribution in [-0.2, 0) is 9.53 Å². The first kappa shape index (κ1) is 17.1. The Labute approximate surface area is 149 Å². The van der Waals surface area contributed by atoms with Crippen molar-refractivity contribution in [3.63, 3.8) is 0 Å². The molecule has 25 heavy (non-hydrogen) atoms. The minimum atomic E-state index is -0.609. The Morgan fingerprint density at radius 3 is 2.52 bits per heavy atom. The Balaban J connectivity index is 1.56. The van der Waals surface area contributed by atoms with Crippen molar-refractivity contribution in [1.82, 2.24) is 0 Å². The lowest BCUT2D eigenvalue weighted by Gasteiger charge is -2.10. The van der Waals surface area contributed by atoms with Gasteiger partial charge in [0, 0.05) is 17.1 Å². The third-order valence-corrected chi connectivity index (χ3v) is 3.70. The summed E-state index contributed by atoms with van der Waals surface area (Å²) in [6, 6.07) is 11.4. The molecule has 6 nitrogen and oxygen atoms in total. The summed E-state index contributed by atoms with van der Waals surface area (Å²) in [5.41, 5.74) is 0.865. The first-order valence-corrected chi connectivity index (χ1v) is 8.12. The molecule has 0 atom stereocenters. The molecule has 0 saturated heterocycles. The predicted molar refractivity (Wildman–Crippen MR) is 92.4 cm³/mol. The number of esters is 1. The number of benzene rings is 2. The monoisotopic (exact) mass is 361 g/mol. The number of fused-ring (bicyclic) bond motifs is 1. The fourth-order valence-electron chi connectivity index (χ4n) is 2.23. The number of anilines is 1. The highest BCUT2D eigenvalue weighted by Gasteiger charge is 2.16. The van der Waals surface area contributed by atoms with Gasteiger partial charge in [-0.3, -0.25) is 4.79 Å². The van der Waals surface area contributed by atoms with Gasteiger partial charge in [-0.2, -0.15) is 0 Å². The van der Waals surface area contributed by atoms with Gasteiger partial charge in [-0.25, -0.2) is 4.79 Å². The standard InChI is InChI=1S/C18H16ClNO5/c19-13-3-5-14(6-4-13)20-17(21)11-25-18(22)12-2-7-15-16(10-12)24-9-1-8-23-15/h2-7,10H,1,8-9,11H2,(H,20,21). The lowest BCUT2D eigenvalue weighted by molar-refractivity contribution is -0.119. The molecule has 1 N–H and O–H groups in total. The number of carbonyl (C=O) groups is 2. The van der Waals surface area contributed by atoms with E-state index in [4.69, 9.17) is 25.8 Å². The van der Waals surface area contributed by atoms with E-state index >= 15 is 0 Å². The van der Waals surface area contributed by atoms with E-state index in [1.54, 1.807) is 42.5 Å². The number of nitrogens with one attached hydrogen (secondary N) is 1. The maximum Gasteiger partial charge on any atom is 0.338 e.